The normalized spacial score (nSPS) is 12.3. The van der Waals surface area contributed by atoms with Crippen LogP contribution in [0.4, 0.5) is 0 Å². The molecule has 0 radical (unpaired) electrons. The molecular formula is C14H20O3. The van der Waals surface area contributed by atoms with Crippen molar-refractivity contribution in [2.45, 2.75) is 41.0 Å². The number of aryl methyl sites for hydroxylation is 1. The molecule has 1 unspecified atom stereocenters. The highest BCUT2D eigenvalue weighted by atomic mass is 16.5. The van der Waals surface area contributed by atoms with Crippen molar-refractivity contribution in [2.75, 3.05) is 0 Å². The van der Waals surface area contributed by atoms with Gasteiger partial charge in [0.2, 0.25) is 0 Å². The first-order chi connectivity index (χ1) is 7.88. The quantitative estimate of drug-likeness (QED) is 0.647. The Morgan fingerprint density at radius 3 is 2.47 bits per heavy atom. The Balaban J connectivity index is 3.04. The molecule has 1 rings (SSSR count). The van der Waals surface area contributed by atoms with E-state index in [0.29, 0.717) is 5.75 Å². The molecule has 0 aliphatic carbocycles. The molecule has 0 aliphatic rings. The zero-order valence-corrected chi connectivity index (χ0v) is 11.1. The van der Waals surface area contributed by atoms with E-state index >= 15 is 0 Å². The highest BCUT2D eigenvalue weighted by molar-refractivity contribution is 5.75. The Labute approximate surface area is 102 Å². The van der Waals surface area contributed by atoms with Crippen molar-refractivity contribution in [2.24, 2.45) is 5.92 Å². The molecule has 0 saturated carbocycles. The van der Waals surface area contributed by atoms with Crippen LogP contribution in [0.15, 0.2) is 6.07 Å². The summed E-state index contributed by atoms with van der Waals surface area (Å²) in [6, 6.07) is 1.71. The summed E-state index contributed by atoms with van der Waals surface area (Å²) < 4.78 is 5.36. The van der Waals surface area contributed by atoms with Gasteiger partial charge in [0.05, 0.1) is 5.92 Å². The fourth-order valence-electron chi connectivity index (χ4n) is 1.51. The van der Waals surface area contributed by atoms with Gasteiger partial charge in [0.25, 0.3) is 0 Å². The second-order valence-electron chi connectivity index (χ2n) is 4.52. The highest BCUT2D eigenvalue weighted by Crippen LogP contribution is 2.32. The fraction of sp³-hybridized carbons (Fsp3) is 0.500. The molecule has 1 aromatic rings. The maximum atomic E-state index is 11.7. The summed E-state index contributed by atoms with van der Waals surface area (Å²) in [6.07, 6.45) is 0.758. The molecular weight excluding hydrogens is 216 g/mol. The van der Waals surface area contributed by atoms with Crippen LogP contribution < -0.4 is 4.74 Å². The van der Waals surface area contributed by atoms with Crippen molar-refractivity contribution in [3.8, 4) is 11.5 Å². The number of phenolic OH excluding ortho intramolecular Hbond substituents is 1. The van der Waals surface area contributed by atoms with Gasteiger partial charge in [0.1, 0.15) is 11.5 Å². The molecule has 0 amide bonds. The second kappa shape index (κ2) is 5.21. The average molecular weight is 236 g/mol. The molecule has 3 heteroatoms. The Hall–Kier alpha value is -1.51. The third-order valence-electron chi connectivity index (χ3n) is 3.23. The van der Waals surface area contributed by atoms with E-state index in [1.807, 2.05) is 27.7 Å². The predicted octanol–water partition coefficient (Wildman–Crippen LogP) is 3.27. The predicted molar refractivity (Wildman–Crippen MR) is 67.4 cm³/mol. The van der Waals surface area contributed by atoms with Crippen molar-refractivity contribution in [3.63, 3.8) is 0 Å². The lowest BCUT2D eigenvalue weighted by atomic mass is 10.0. The molecule has 0 fully saturated rings. The number of carbonyl (C=O) groups is 1. The summed E-state index contributed by atoms with van der Waals surface area (Å²) >= 11 is 0. The lowest BCUT2D eigenvalue weighted by Gasteiger charge is -2.14. The molecule has 0 aromatic heterocycles. The number of carbonyl (C=O) groups excluding carboxylic acids is 1. The van der Waals surface area contributed by atoms with Crippen molar-refractivity contribution >= 4 is 5.97 Å². The third-order valence-corrected chi connectivity index (χ3v) is 3.23. The van der Waals surface area contributed by atoms with Crippen molar-refractivity contribution in [1.82, 2.24) is 0 Å². The largest absolute Gasteiger partial charge is 0.507 e. The van der Waals surface area contributed by atoms with Gasteiger partial charge in [-0.3, -0.25) is 4.79 Å². The highest BCUT2D eigenvalue weighted by Gasteiger charge is 2.16. The van der Waals surface area contributed by atoms with Gasteiger partial charge >= 0.3 is 5.97 Å². The average Bonchev–Trinajstić information content (AvgIpc) is 2.32. The summed E-state index contributed by atoms with van der Waals surface area (Å²) in [5, 5.41) is 9.76. The smallest absolute Gasteiger partial charge is 0.314 e. The Morgan fingerprint density at radius 1 is 1.35 bits per heavy atom. The van der Waals surface area contributed by atoms with E-state index in [0.717, 1.165) is 23.1 Å². The van der Waals surface area contributed by atoms with Crippen LogP contribution >= 0.6 is 0 Å². The minimum atomic E-state index is -0.222. The number of hydrogen-bond donors (Lipinski definition) is 1. The number of aromatic hydroxyl groups is 1. The number of rotatable bonds is 3. The van der Waals surface area contributed by atoms with Crippen LogP contribution in [0.5, 0.6) is 11.5 Å². The standard InChI is InChI=1S/C14H20O3/c1-6-8(2)14(16)17-12-7-9(3)13(15)11(5)10(12)4/h7-8,15H,6H2,1-5H3. The van der Waals surface area contributed by atoms with E-state index in [-0.39, 0.29) is 17.6 Å². The van der Waals surface area contributed by atoms with Crippen LogP contribution in [0.25, 0.3) is 0 Å². The van der Waals surface area contributed by atoms with Crippen LogP contribution in [-0.4, -0.2) is 11.1 Å². The minimum absolute atomic E-state index is 0.108. The zero-order valence-electron chi connectivity index (χ0n) is 11.1. The molecule has 1 aromatic carbocycles. The van der Waals surface area contributed by atoms with Crippen molar-refractivity contribution in [1.29, 1.82) is 0 Å². The van der Waals surface area contributed by atoms with Crippen LogP contribution in [0.3, 0.4) is 0 Å². The summed E-state index contributed by atoms with van der Waals surface area (Å²) in [5.41, 5.74) is 2.29. The number of hydrogen-bond acceptors (Lipinski definition) is 3. The molecule has 94 valence electrons. The first-order valence-corrected chi connectivity index (χ1v) is 5.89. The maximum Gasteiger partial charge on any atom is 0.314 e. The Kier molecular flexibility index (Phi) is 4.16. The number of benzene rings is 1. The lowest BCUT2D eigenvalue weighted by molar-refractivity contribution is -0.138. The Morgan fingerprint density at radius 2 is 1.94 bits per heavy atom. The van der Waals surface area contributed by atoms with Gasteiger partial charge < -0.3 is 9.84 Å². The van der Waals surface area contributed by atoms with Crippen LogP contribution in [0.1, 0.15) is 37.0 Å². The number of ether oxygens (including phenoxy) is 1. The number of esters is 1. The van der Waals surface area contributed by atoms with Gasteiger partial charge in [-0.2, -0.15) is 0 Å². The summed E-state index contributed by atoms with van der Waals surface area (Å²) in [7, 11) is 0. The summed E-state index contributed by atoms with van der Waals surface area (Å²) in [5.74, 6) is 0.484. The van der Waals surface area contributed by atoms with Crippen LogP contribution in [0, 0.1) is 26.7 Å². The van der Waals surface area contributed by atoms with Crippen molar-refractivity contribution in [3.05, 3.63) is 22.8 Å². The first-order valence-electron chi connectivity index (χ1n) is 5.89. The molecule has 0 heterocycles. The van der Waals surface area contributed by atoms with E-state index in [2.05, 4.69) is 0 Å². The van der Waals surface area contributed by atoms with Crippen molar-refractivity contribution < 1.29 is 14.6 Å². The maximum absolute atomic E-state index is 11.7. The fourth-order valence-corrected chi connectivity index (χ4v) is 1.51. The van der Waals surface area contributed by atoms with E-state index < -0.39 is 0 Å². The zero-order chi connectivity index (χ0) is 13.2. The van der Waals surface area contributed by atoms with Gasteiger partial charge in [0, 0.05) is 0 Å². The molecule has 3 nitrogen and oxygen atoms in total. The topological polar surface area (TPSA) is 46.5 Å². The molecule has 0 spiro atoms. The van der Waals surface area contributed by atoms with Gasteiger partial charge in [-0.25, -0.2) is 0 Å². The van der Waals surface area contributed by atoms with E-state index in [1.165, 1.54) is 0 Å². The van der Waals surface area contributed by atoms with Crippen LogP contribution in [-0.2, 0) is 4.79 Å². The molecule has 0 saturated heterocycles. The first kappa shape index (κ1) is 13.6. The van der Waals surface area contributed by atoms with Gasteiger partial charge in [-0.15, -0.1) is 0 Å². The molecule has 17 heavy (non-hydrogen) atoms. The van der Waals surface area contributed by atoms with Gasteiger partial charge in [-0.1, -0.05) is 13.8 Å². The second-order valence-corrected chi connectivity index (χ2v) is 4.52. The van der Waals surface area contributed by atoms with E-state index in [1.54, 1.807) is 13.0 Å². The van der Waals surface area contributed by atoms with Crippen LogP contribution in [0.2, 0.25) is 0 Å². The number of phenols is 1. The summed E-state index contributed by atoms with van der Waals surface area (Å²) in [6.45, 7) is 9.25. The molecule has 0 bridgehead atoms. The third kappa shape index (κ3) is 2.78. The molecule has 0 aliphatic heterocycles. The Bertz CT molecular complexity index is 436. The summed E-state index contributed by atoms with van der Waals surface area (Å²) in [4.78, 5) is 11.7. The lowest BCUT2D eigenvalue weighted by Crippen LogP contribution is -2.17. The van der Waals surface area contributed by atoms with E-state index in [4.69, 9.17) is 4.74 Å². The van der Waals surface area contributed by atoms with Gasteiger partial charge in [-0.05, 0) is 49.9 Å². The van der Waals surface area contributed by atoms with Gasteiger partial charge in [0.15, 0.2) is 0 Å². The minimum Gasteiger partial charge on any atom is -0.507 e. The monoisotopic (exact) mass is 236 g/mol. The SMILES string of the molecule is CCC(C)C(=O)Oc1cc(C)c(O)c(C)c1C. The molecule has 1 N–H and O–H groups in total. The molecule has 1 atom stereocenters. The van der Waals surface area contributed by atoms with E-state index in [9.17, 15) is 9.90 Å².